The van der Waals surface area contributed by atoms with Crippen LogP contribution in [0.4, 0.5) is 5.69 Å². The van der Waals surface area contributed by atoms with E-state index >= 15 is 0 Å². The van der Waals surface area contributed by atoms with Crippen molar-refractivity contribution in [3.05, 3.63) is 70.7 Å². The molecule has 1 heterocycles. The summed E-state index contributed by atoms with van der Waals surface area (Å²) in [6, 6.07) is 18.4. The molecule has 0 radical (unpaired) electrons. The molecule has 0 aliphatic carbocycles. The Balaban J connectivity index is 1.55. The second kappa shape index (κ2) is 8.93. The van der Waals surface area contributed by atoms with Crippen molar-refractivity contribution in [2.75, 3.05) is 11.9 Å². The fourth-order valence-electron chi connectivity index (χ4n) is 2.60. The predicted octanol–water partition coefficient (Wildman–Crippen LogP) is 3.29. The van der Waals surface area contributed by atoms with Crippen molar-refractivity contribution in [3.63, 3.8) is 0 Å². The number of thiazole rings is 1. The molecule has 7 heteroatoms. The first-order valence-corrected chi connectivity index (χ1v) is 9.50. The molecular formula is C21H18N4O2S. The van der Waals surface area contributed by atoms with E-state index in [1.807, 2.05) is 43.3 Å². The molecular weight excluding hydrogens is 372 g/mol. The second-order valence-electron chi connectivity index (χ2n) is 6.01. The van der Waals surface area contributed by atoms with Gasteiger partial charge in [-0.25, -0.2) is 4.98 Å². The van der Waals surface area contributed by atoms with Gasteiger partial charge in [0.25, 0.3) is 0 Å². The zero-order chi connectivity index (χ0) is 19.9. The lowest BCUT2D eigenvalue weighted by Crippen LogP contribution is -2.36. The molecule has 2 N–H and O–H groups in total. The quantitative estimate of drug-likeness (QED) is 0.654. The molecule has 0 saturated carbocycles. The van der Waals surface area contributed by atoms with Gasteiger partial charge in [0, 0.05) is 23.4 Å². The summed E-state index contributed by atoms with van der Waals surface area (Å²) in [6.45, 7) is 2.26. The van der Waals surface area contributed by atoms with Crippen molar-refractivity contribution >= 4 is 28.8 Å². The Labute approximate surface area is 166 Å². The number of nitrogens with one attached hydrogen (secondary N) is 2. The summed E-state index contributed by atoms with van der Waals surface area (Å²) in [5.74, 6) is -1.54. The topological polar surface area (TPSA) is 94.9 Å². The second-order valence-corrected chi connectivity index (χ2v) is 7.09. The first-order valence-electron chi connectivity index (χ1n) is 8.68. The highest BCUT2D eigenvalue weighted by atomic mass is 32.1. The summed E-state index contributed by atoms with van der Waals surface area (Å²) in [7, 11) is 0. The van der Waals surface area contributed by atoms with Crippen LogP contribution in [0.3, 0.4) is 0 Å². The molecule has 3 aromatic rings. The van der Waals surface area contributed by atoms with Crippen molar-refractivity contribution in [1.82, 2.24) is 10.3 Å². The van der Waals surface area contributed by atoms with E-state index in [4.69, 9.17) is 5.26 Å². The van der Waals surface area contributed by atoms with Crippen LogP contribution in [0.2, 0.25) is 0 Å². The van der Waals surface area contributed by atoms with Gasteiger partial charge in [0.15, 0.2) is 0 Å². The van der Waals surface area contributed by atoms with Crippen molar-refractivity contribution < 1.29 is 9.59 Å². The Hall–Kier alpha value is -3.50. The molecule has 0 spiro atoms. The van der Waals surface area contributed by atoms with E-state index in [0.717, 1.165) is 21.1 Å². The Morgan fingerprint density at radius 1 is 1.07 bits per heavy atom. The molecule has 0 unspecified atom stereocenters. The molecule has 0 fully saturated rings. The molecule has 0 atom stereocenters. The Morgan fingerprint density at radius 2 is 1.79 bits per heavy atom. The maximum atomic E-state index is 12.0. The smallest absolute Gasteiger partial charge is 0.313 e. The zero-order valence-electron chi connectivity index (χ0n) is 15.2. The van der Waals surface area contributed by atoms with E-state index in [0.29, 0.717) is 24.2 Å². The number of hydrogen-bond donors (Lipinski definition) is 2. The van der Waals surface area contributed by atoms with Crippen LogP contribution in [0, 0.1) is 18.3 Å². The van der Waals surface area contributed by atoms with E-state index in [1.165, 1.54) is 0 Å². The largest absolute Gasteiger partial charge is 0.347 e. The van der Waals surface area contributed by atoms with E-state index in [-0.39, 0.29) is 0 Å². The molecule has 0 saturated heterocycles. The fraction of sp³-hybridized carbons (Fsp3) is 0.143. The van der Waals surface area contributed by atoms with Gasteiger partial charge in [-0.1, -0.05) is 42.5 Å². The van der Waals surface area contributed by atoms with Crippen molar-refractivity contribution in [1.29, 1.82) is 5.26 Å². The highest BCUT2D eigenvalue weighted by Crippen LogP contribution is 2.27. The number of hydrogen-bond acceptors (Lipinski definition) is 5. The van der Waals surface area contributed by atoms with Crippen LogP contribution in [-0.2, 0) is 16.0 Å². The van der Waals surface area contributed by atoms with E-state index in [2.05, 4.69) is 15.6 Å². The number of aryl methyl sites for hydroxylation is 1. The molecule has 0 aliphatic rings. The third-order valence-corrected chi connectivity index (χ3v) is 5.32. The Kier molecular flexibility index (Phi) is 6.14. The predicted molar refractivity (Wildman–Crippen MR) is 109 cm³/mol. The minimum atomic E-state index is -0.797. The number of rotatable bonds is 5. The van der Waals surface area contributed by atoms with Gasteiger partial charge in [-0.15, -0.1) is 11.3 Å². The standard InChI is InChI=1S/C21H18N4O2S/c1-14-18(28-21(24-14)15-7-3-2-4-8-15)11-12-23-19(26)20(27)25-17-10-6-5-9-16(17)13-22/h2-10H,11-12H2,1H3,(H,23,26)(H,25,27). The summed E-state index contributed by atoms with van der Waals surface area (Å²) < 4.78 is 0. The number of nitriles is 1. The summed E-state index contributed by atoms with van der Waals surface area (Å²) in [5, 5.41) is 15.1. The number of carbonyl (C=O) groups is 2. The van der Waals surface area contributed by atoms with Gasteiger partial charge in [0.2, 0.25) is 0 Å². The van der Waals surface area contributed by atoms with Gasteiger partial charge in [-0.2, -0.15) is 5.26 Å². The number of nitrogens with zero attached hydrogens (tertiary/aromatic N) is 2. The lowest BCUT2D eigenvalue weighted by Gasteiger charge is -2.07. The summed E-state index contributed by atoms with van der Waals surface area (Å²) in [6.07, 6.45) is 0.587. The van der Waals surface area contributed by atoms with Crippen molar-refractivity contribution in [3.8, 4) is 16.6 Å². The first kappa shape index (κ1) is 19.3. The molecule has 2 amide bonds. The number of anilines is 1. The van der Waals surface area contributed by atoms with Crippen LogP contribution in [0.25, 0.3) is 10.6 Å². The molecule has 0 bridgehead atoms. The van der Waals surface area contributed by atoms with Crippen LogP contribution >= 0.6 is 11.3 Å². The molecule has 1 aromatic heterocycles. The van der Waals surface area contributed by atoms with Crippen LogP contribution < -0.4 is 10.6 Å². The Morgan fingerprint density at radius 3 is 2.54 bits per heavy atom. The van der Waals surface area contributed by atoms with Gasteiger partial charge >= 0.3 is 11.8 Å². The minimum absolute atomic E-state index is 0.303. The molecule has 28 heavy (non-hydrogen) atoms. The van der Waals surface area contributed by atoms with E-state index in [1.54, 1.807) is 35.6 Å². The van der Waals surface area contributed by atoms with Crippen molar-refractivity contribution in [2.24, 2.45) is 0 Å². The monoisotopic (exact) mass is 390 g/mol. The van der Waals surface area contributed by atoms with Gasteiger partial charge < -0.3 is 10.6 Å². The summed E-state index contributed by atoms with van der Waals surface area (Å²) in [4.78, 5) is 29.7. The van der Waals surface area contributed by atoms with Gasteiger partial charge in [-0.05, 0) is 19.1 Å². The molecule has 2 aromatic carbocycles. The number of carbonyl (C=O) groups excluding carboxylic acids is 2. The maximum Gasteiger partial charge on any atom is 0.313 e. The fourth-order valence-corrected chi connectivity index (χ4v) is 3.67. The maximum absolute atomic E-state index is 12.0. The molecule has 6 nitrogen and oxygen atoms in total. The lowest BCUT2D eigenvalue weighted by atomic mass is 10.2. The highest BCUT2D eigenvalue weighted by molar-refractivity contribution is 7.15. The molecule has 0 aliphatic heterocycles. The third kappa shape index (κ3) is 4.61. The number of para-hydroxylation sites is 1. The molecule has 140 valence electrons. The first-order chi connectivity index (χ1) is 13.6. The number of amides is 2. The Bertz CT molecular complexity index is 1040. The highest BCUT2D eigenvalue weighted by Gasteiger charge is 2.15. The normalized spacial score (nSPS) is 10.1. The zero-order valence-corrected chi connectivity index (χ0v) is 16.0. The number of aromatic nitrogens is 1. The molecule has 3 rings (SSSR count). The van der Waals surface area contributed by atoms with Gasteiger partial charge in [0.1, 0.15) is 11.1 Å². The van der Waals surface area contributed by atoms with Crippen LogP contribution in [0.15, 0.2) is 54.6 Å². The van der Waals surface area contributed by atoms with E-state index in [9.17, 15) is 9.59 Å². The average Bonchev–Trinajstić information content (AvgIpc) is 3.09. The van der Waals surface area contributed by atoms with Crippen molar-refractivity contribution in [2.45, 2.75) is 13.3 Å². The SMILES string of the molecule is Cc1nc(-c2ccccc2)sc1CCNC(=O)C(=O)Nc1ccccc1C#N. The lowest BCUT2D eigenvalue weighted by molar-refractivity contribution is -0.136. The summed E-state index contributed by atoms with van der Waals surface area (Å²) in [5.41, 5.74) is 2.60. The summed E-state index contributed by atoms with van der Waals surface area (Å²) >= 11 is 1.58. The van der Waals surface area contributed by atoms with Gasteiger partial charge in [-0.3, -0.25) is 9.59 Å². The van der Waals surface area contributed by atoms with Crippen LogP contribution in [0.1, 0.15) is 16.1 Å². The minimum Gasteiger partial charge on any atom is -0.347 e. The third-order valence-electron chi connectivity index (χ3n) is 4.05. The van der Waals surface area contributed by atoms with E-state index < -0.39 is 11.8 Å². The van der Waals surface area contributed by atoms with Crippen LogP contribution in [0.5, 0.6) is 0 Å². The van der Waals surface area contributed by atoms with Gasteiger partial charge in [0.05, 0.1) is 16.9 Å². The average molecular weight is 390 g/mol. The number of benzene rings is 2. The van der Waals surface area contributed by atoms with Crippen LogP contribution in [-0.4, -0.2) is 23.3 Å².